The second-order valence-electron chi connectivity index (χ2n) is 5.60. The maximum Gasteiger partial charge on any atom is 0.0217 e. The monoisotopic (exact) mass is 240 g/mol. The molecule has 1 fully saturated rings. The number of piperidine rings is 1. The first-order valence-electron chi connectivity index (χ1n) is 7.75. The Balaban J connectivity index is 1.86. The highest BCUT2D eigenvalue weighted by molar-refractivity contribution is 4.75. The average molecular weight is 240 g/mol. The van der Waals surface area contributed by atoms with Crippen molar-refractivity contribution in [3.05, 3.63) is 0 Å². The Morgan fingerprint density at radius 3 is 2.59 bits per heavy atom. The van der Waals surface area contributed by atoms with Crippen molar-refractivity contribution in [3.8, 4) is 0 Å². The number of rotatable bonds is 9. The molecule has 17 heavy (non-hydrogen) atoms. The molecule has 1 aliphatic heterocycles. The van der Waals surface area contributed by atoms with Crippen LogP contribution in [0, 0.1) is 0 Å². The fourth-order valence-electron chi connectivity index (χ4n) is 2.70. The van der Waals surface area contributed by atoms with E-state index in [-0.39, 0.29) is 0 Å². The van der Waals surface area contributed by atoms with Gasteiger partial charge < -0.3 is 10.2 Å². The molecule has 1 atom stereocenters. The van der Waals surface area contributed by atoms with Gasteiger partial charge in [0.2, 0.25) is 0 Å². The zero-order valence-corrected chi connectivity index (χ0v) is 12.0. The van der Waals surface area contributed by atoms with Gasteiger partial charge in [-0.15, -0.1) is 0 Å². The Hall–Kier alpha value is -0.0800. The normalized spacial score (nSPS) is 21.9. The molecule has 1 heterocycles. The zero-order chi connectivity index (χ0) is 12.3. The predicted octanol–water partition coefficient (Wildman–Crippen LogP) is 3.42. The summed E-state index contributed by atoms with van der Waals surface area (Å²) in [4.78, 5) is 2.53. The first-order chi connectivity index (χ1) is 8.34. The van der Waals surface area contributed by atoms with E-state index in [2.05, 4.69) is 24.2 Å². The molecule has 0 aliphatic carbocycles. The van der Waals surface area contributed by atoms with E-state index in [0.717, 1.165) is 6.04 Å². The SMILES string of the molecule is CCCCCCCCNCC1CCCCN1C. The van der Waals surface area contributed by atoms with Gasteiger partial charge in [0.05, 0.1) is 0 Å². The second-order valence-corrected chi connectivity index (χ2v) is 5.60. The van der Waals surface area contributed by atoms with Crippen molar-refractivity contribution in [1.82, 2.24) is 10.2 Å². The van der Waals surface area contributed by atoms with Gasteiger partial charge in [-0.05, 0) is 39.4 Å². The number of nitrogens with zero attached hydrogens (tertiary/aromatic N) is 1. The molecular weight excluding hydrogens is 208 g/mol. The van der Waals surface area contributed by atoms with E-state index < -0.39 is 0 Å². The molecule has 0 saturated carbocycles. The van der Waals surface area contributed by atoms with Crippen LogP contribution in [-0.2, 0) is 0 Å². The molecule has 0 bridgehead atoms. The average Bonchev–Trinajstić information content (AvgIpc) is 2.35. The van der Waals surface area contributed by atoms with Crippen molar-refractivity contribution >= 4 is 0 Å². The third-order valence-electron chi connectivity index (χ3n) is 4.01. The van der Waals surface area contributed by atoms with Crippen molar-refractivity contribution < 1.29 is 0 Å². The lowest BCUT2D eigenvalue weighted by atomic mass is 10.0. The molecule has 0 aromatic heterocycles. The van der Waals surface area contributed by atoms with Crippen LogP contribution in [0.3, 0.4) is 0 Å². The summed E-state index contributed by atoms with van der Waals surface area (Å²) in [7, 11) is 2.27. The summed E-state index contributed by atoms with van der Waals surface area (Å²) in [6, 6.07) is 0.795. The zero-order valence-electron chi connectivity index (χ0n) is 12.0. The minimum atomic E-state index is 0.795. The fraction of sp³-hybridized carbons (Fsp3) is 1.00. The number of hydrogen-bond acceptors (Lipinski definition) is 2. The lowest BCUT2D eigenvalue weighted by molar-refractivity contribution is 0.181. The van der Waals surface area contributed by atoms with Crippen molar-refractivity contribution in [1.29, 1.82) is 0 Å². The quantitative estimate of drug-likeness (QED) is 0.621. The van der Waals surface area contributed by atoms with Gasteiger partial charge in [0.25, 0.3) is 0 Å². The minimum absolute atomic E-state index is 0.795. The molecule has 1 saturated heterocycles. The third kappa shape index (κ3) is 7.05. The van der Waals surface area contributed by atoms with E-state index in [1.165, 1.54) is 77.4 Å². The molecule has 1 unspecified atom stereocenters. The summed E-state index contributed by atoms with van der Waals surface area (Å²) in [6.07, 6.45) is 12.6. The van der Waals surface area contributed by atoms with Crippen molar-refractivity contribution in [2.75, 3.05) is 26.7 Å². The maximum atomic E-state index is 3.63. The van der Waals surface area contributed by atoms with Crippen LogP contribution in [0.1, 0.15) is 64.7 Å². The summed E-state index contributed by atoms with van der Waals surface area (Å²) in [6.45, 7) is 5.99. The Labute approximate surface area is 108 Å². The number of hydrogen-bond donors (Lipinski definition) is 1. The van der Waals surface area contributed by atoms with Crippen LogP contribution in [0.4, 0.5) is 0 Å². The van der Waals surface area contributed by atoms with Gasteiger partial charge in [0.15, 0.2) is 0 Å². The predicted molar refractivity (Wildman–Crippen MR) is 76.5 cm³/mol. The van der Waals surface area contributed by atoms with Gasteiger partial charge in [-0.1, -0.05) is 45.4 Å². The maximum absolute atomic E-state index is 3.63. The molecule has 1 rings (SSSR count). The Morgan fingerprint density at radius 2 is 1.82 bits per heavy atom. The molecule has 0 amide bonds. The molecule has 0 radical (unpaired) electrons. The Morgan fingerprint density at radius 1 is 1.06 bits per heavy atom. The summed E-state index contributed by atoms with van der Waals surface area (Å²) in [5.74, 6) is 0. The minimum Gasteiger partial charge on any atom is -0.315 e. The number of unbranched alkanes of at least 4 members (excludes halogenated alkanes) is 5. The van der Waals surface area contributed by atoms with Crippen molar-refractivity contribution in [2.24, 2.45) is 0 Å². The number of likely N-dealkylation sites (tertiary alicyclic amines) is 1. The highest BCUT2D eigenvalue weighted by atomic mass is 15.2. The smallest absolute Gasteiger partial charge is 0.0217 e. The van der Waals surface area contributed by atoms with Gasteiger partial charge in [-0.2, -0.15) is 0 Å². The van der Waals surface area contributed by atoms with Crippen molar-refractivity contribution in [2.45, 2.75) is 70.8 Å². The van der Waals surface area contributed by atoms with Crippen LogP contribution >= 0.6 is 0 Å². The van der Waals surface area contributed by atoms with E-state index in [1.54, 1.807) is 0 Å². The molecule has 2 nitrogen and oxygen atoms in total. The van der Waals surface area contributed by atoms with Crippen LogP contribution in [0.15, 0.2) is 0 Å². The Bertz CT molecular complexity index is 170. The van der Waals surface area contributed by atoms with E-state index in [9.17, 15) is 0 Å². The molecular formula is C15H32N2. The van der Waals surface area contributed by atoms with E-state index in [0.29, 0.717) is 0 Å². The van der Waals surface area contributed by atoms with Gasteiger partial charge in [-0.25, -0.2) is 0 Å². The molecule has 0 aromatic carbocycles. The second kappa shape index (κ2) is 9.90. The topological polar surface area (TPSA) is 15.3 Å². The molecule has 1 aliphatic rings. The Kier molecular flexibility index (Phi) is 8.72. The summed E-state index contributed by atoms with van der Waals surface area (Å²) >= 11 is 0. The molecule has 102 valence electrons. The molecule has 1 N–H and O–H groups in total. The van der Waals surface area contributed by atoms with Gasteiger partial charge in [0.1, 0.15) is 0 Å². The first-order valence-corrected chi connectivity index (χ1v) is 7.75. The fourth-order valence-corrected chi connectivity index (χ4v) is 2.70. The molecule has 0 aromatic rings. The summed E-state index contributed by atoms with van der Waals surface area (Å²) in [5.41, 5.74) is 0. The van der Waals surface area contributed by atoms with Crippen LogP contribution in [0.5, 0.6) is 0 Å². The largest absolute Gasteiger partial charge is 0.315 e. The number of nitrogens with one attached hydrogen (secondary N) is 1. The lowest BCUT2D eigenvalue weighted by Crippen LogP contribution is -2.43. The molecule has 0 spiro atoms. The third-order valence-corrected chi connectivity index (χ3v) is 4.01. The van der Waals surface area contributed by atoms with E-state index in [4.69, 9.17) is 0 Å². The summed E-state index contributed by atoms with van der Waals surface area (Å²) in [5, 5.41) is 3.63. The highest BCUT2D eigenvalue weighted by Crippen LogP contribution is 2.13. The lowest BCUT2D eigenvalue weighted by Gasteiger charge is -2.32. The molecule has 2 heteroatoms. The van der Waals surface area contributed by atoms with Crippen molar-refractivity contribution in [3.63, 3.8) is 0 Å². The van der Waals surface area contributed by atoms with Crippen LogP contribution in [-0.4, -0.2) is 37.6 Å². The van der Waals surface area contributed by atoms with Crippen LogP contribution < -0.4 is 5.32 Å². The van der Waals surface area contributed by atoms with Gasteiger partial charge in [-0.3, -0.25) is 0 Å². The number of likely N-dealkylation sites (N-methyl/N-ethyl adjacent to an activating group) is 1. The van der Waals surface area contributed by atoms with Crippen LogP contribution in [0.25, 0.3) is 0 Å². The highest BCUT2D eigenvalue weighted by Gasteiger charge is 2.17. The van der Waals surface area contributed by atoms with Gasteiger partial charge >= 0.3 is 0 Å². The van der Waals surface area contributed by atoms with Gasteiger partial charge in [0, 0.05) is 12.6 Å². The first kappa shape index (κ1) is 15.0. The van der Waals surface area contributed by atoms with E-state index in [1.807, 2.05) is 0 Å². The van der Waals surface area contributed by atoms with E-state index >= 15 is 0 Å². The van der Waals surface area contributed by atoms with Crippen LogP contribution in [0.2, 0.25) is 0 Å². The summed E-state index contributed by atoms with van der Waals surface area (Å²) < 4.78 is 0. The standard InChI is InChI=1S/C15H32N2/c1-3-4-5-6-7-9-12-16-14-15-11-8-10-13-17(15)2/h15-16H,3-14H2,1-2H3.